The number of fused-ring (bicyclic) bond motifs is 1. The molecule has 0 amide bonds. The van der Waals surface area contributed by atoms with E-state index in [9.17, 15) is 4.79 Å². The zero-order valence-corrected chi connectivity index (χ0v) is 8.84. The van der Waals surface area contributed by atoms with E-state index in [4.69, 9.17) is 0 Å². The van der Waals surface area contributed by atoms with Gasteiger partial charge in [-0.1, -0.05) is 13.8 Å². The molecule has 0 N–H and O–H groups in total. The summed E-state index contributed by atoms with van der Waals surface area (Å²) in [7, 11) is 0. The summed E-state index contributed by atoms with van der Waals surface area (Å²) in [5.74, 6) is 0.497. The van der Waals surface area contributed by atoms with Gasteiger partial charge in [-0.15, -0.1) is 0 Å². The smallest absolute Gasteiger partial charge is 0.151 e. The van der Waals surface area contributed by atoms with Crippen molar-refractivity contribution in [3.8, 4) is 0 Å². The third kappa shape index (κ3) is 1.75. The molecule has 0 bridgehead atoms. The van der Waals surface area contributed by atoms with Gasteiger partial charge in [0.05, 0.1) is 17.4 Å². The third-order valence-corrected chi connectivity index (χ3v) is 2.31. The Morgan fingerprint density at radius 3 is 3.00 bits per heavy atom. The summed E-state index contributed by atoms with van der Waals surface area (Å²) < 4.78 is 1.79. The maximum Gasteiger partial charge on any atom is 0.151 e. The largest absolute Gasteiger partial charge is 0.298 e. The van der Waals surface area contributed by atoms with Gasteiger partial charge in [0, 0.05) is 5.56 Å². The maximum absolute atomic E-state index is 10.9. The van der Waals surface area contributed by atoms with Crippen LogP contribution in [0.15, 0.2) is 18.6 Å². The lowest BCUT2D eigenvalue weighted by Crippen LogP contribution is -2.04. The second-order valence-electron chi connectivity index (χ2n) is 4.01. The van der Waals surface area contributed by atoms with Crippen LogP contribution in [0.1, 0.15) is 29.9 Å². The Balaban J connectivity index is 2.61. The molecule has 0 atom stereocenters. The van der Waals surface area contributed by atoms with Crippen LogP contribution in [0.4, 0.5) is 0 Å². The van der Waals surface area contributed by atoms with Gasteiger partial charge >= 0.3 is 0 Å². The second-order valence-corrected chi connectivity index (χ2v) is 4.01. The number of aromatic nitrogens is 3. The molecule has 2 aromatic heterocycles. The summed E-state index contributed by atoms with van der Waals surface area (Å²) >= 11 is 0. The Morgan fingerprint density at radius 2 is 2.33 bits per heavy atom. The third-order valence-electron chi connectivity index (χ3n) is 2.31. The number of aldehydes is 1. The topological polar surface area (TPSA) is 47.3 Å². The van der Waals surface area contributed by atoms with Gasteiger partial charge in [0.1, 0.15) is 6.33 Å². The van der Waals surface area contributed by atoms with Gasteiger partial charge in [0.15, 0.2) is 6.29 Å². The van der Waals surface area contributed by atoms with Crippen molar-refractivity contribution in [2.45, 2.75) is 20.3 Å². The Bertz CT molecular complexity index is 488. The van der Waals surface area contributed by atoms with Crippen molar-refractivity contribution in [3.63, 3.8) is 0 Å². The van der Waals surface area contributed by atoms with Gasteiger partial charge in [-0.3, -0.25) is 4.79 Å². The van der Waals surface area contributed by atoms with Gasteiger partial charge in [-0.25, -0.2) is 9.50 Å². The van der Waals surface area contributed by atoms with E-state index < -0.39 is 0 Å². The molecule has 2 rings (SSSR count). The average molecular weight is 203 g/mol. The first-order chi connectivity index (χ1) is 7.22. The van der Waals surface area contributed by atoms with E-state index in [1.807, 2.05) is 6.07 Å². The highest BCUT2D eigenvalue weighted by Gasteiger charge is 2.11. The van der Waals surface area contributed by atoms with Crippen molar-refractivity contribution >= 4 is 11.8 Å². The highest BCUT2D eigenvalue weighted by Crippen LogP contribution is 2.16. The van der Waals surface area contributed by atoms with E-state index in [1.165, 1.54) is 6.33 Å². The molecule has 0 spiro atoms. The molecule has 0 radical (unpaired) electrons. The molecule has 0 unspecified atom stereocenters. The zero-order chi connectivity index (χ0) is 10.8. The van der Waals surface area contributed by atoms with Crippen molar-refractivity contribution in [2.24, 2.45) is 5.92 Å². The van der Waals surface area contributed by atoms with E-state index in [0.717, 1.165) is 23.9 Å². The lowest BCUT2D eigenvalue weighted by atomic mass is 10.1. The van der Waals surface area contributed by atoms with Crippen molar-refractivity contribution in [2.75, 3.05) is 0 Å². The second kappa shape index (κ2) is 3.81. The molecule has 2 heterocycles. The van der Waals surface area contributed by atoms with Crippen LogP contribution in [0.5, 0.6) is 0 Å². The van der Waals surface area contributed by atoms with Gasteiger partial charge < -0.3 is 0 Å². The van der Waals surface area contributed by atoms with Crippen LogP contribution in [0, 0.1) is 5.92 Å². The van der Waals surface area contributed by atoms with E-state index in [1.54, 1.807) is 10.7 Å². The van der Waals surface area contributed by atoms with Gasteiger partial charge in [-0.05, 0) is 18.4 Å². The normalized spacial score (nSPS) is 11.1. The molecule has 0 aliphatic heterocycles. The molecule has 0 saturated carbocycles. The van der Waals surface area contributed by atoms with Crippen LogP contribution >= 0.6 is 0 Å². The van der Waals surface area contributed by atoms with E-state index >= 15 is 0 Å². The fourth-order valence-corrected chi connectivity index (χ4v) is 1.69. The van der Waals surface area contributed by atoms with Crippen LogP contribution in [0.25, 0.3) is 5.52 Å². The fourth-order valence-electron chi connectivity index (χ4n) is 1.69. The summed E-state index contributed by atoms with van der Waals surface area (Å²) in [5.41, 5.74) is 2.55. The fraction of sp³-hybridized carbons (Fsp3) is 0.364. The van der Waals surface area contributed by atoms with Crippen LogP contribution in [0.3, 0.4) is 0 Å². The predicted octanol–water partition coefficient (Wildman–Crippen LogP) is 1.74. The summed E-state index contributed by atoms with van der Waals surface area (Å²) in [6.45, 7) is 4.24. The summed E-state index contributed by atoms with van der Waals surface area (Å²) in [4.78, 5) is 14.8. The van der Waals surface area contributed by atoms with Crippen molar-refractivity contribution < 1.29 is 4.79 Å². The maximum atomic E-state index is 10.9. The molecule has 0 fully saturated rings. The summed E-state index contributed by atoms with van der Waals surface area (Å²) in [5, 5.41) is 4.15. The molecule has 0 aliphatic carbocycles. The van der Waals surface area contributed by atoms with Crippen molar-refractivity contribution in [1.82, 2.24) is 14.6 Å². The van der Waals surface area contributed by atoms with Crippen LogP contribution in [0.2, 0.25) is 0 Å². The quantitative estimate of drug-likeness (QED) is 0.714. The Morgan fingerprint density at radius 1 is 1.53 bits per heavy atom. The monoisotopic (exact) mass is 203 g/mol. The predicted molar refractivity (Wildman–Crippen MR) is 56.9 cm³/mol. The Labute approximate surface area is 87.9 Å². The van der Waals surface area contributed by atoms with Gasteiger partial charge in [-0.2, -0.15) is 5.10 Å². The minimum Gasteiger partial charge on any atom is -0.298 e. The van der Waals surface area contributed by atoms with Crippen LogP contribution < -0.4 is 0 Å². The molecule has 2 aromatic rings. The highest BCUT2D eigenvalue weighted by atomic mass is 16.1. The van der Waals surface area contributed by atoms with Gasteiger partial charge in [0.25, 0.3) is 0 Å². The van der Waals surface area contributed by atoms with E-state index in [-0.39, 0.29) is 0 Å². The molecule has 15 heavy (non-hydrogen) atoms. The minimum absolute atomic E-state index is 0.497. The summed E-state index contributed by atoms with van der Waals surface area (Å²) in [6.07, 6.45) is 4.93. The Hall–Kier alpha value is -1.71. The number of nitrogens with zero attached hydrogens (tertiary/aromatic N) is 3. The van der Waals surface area contributed by atoms with E-state index in [0.29, 0.717) is 11.5 Å². The first kappa shape index (κ1) is 9.83. The molecule has 0 saturated heterocycles. The van der Waals surface area contributed by atoms with E-state index in [2.05, 4.69) is 23.9 Å². The molecular formula is C11H13N3O. The number of hydrogen-bond donors (Lipinski definition) is 0. The summed E-state index contributed by atoms with van der Waals surface area (Å²) in [6, 6.07) is 1.82. The SMILES string of the molecule is CC(C)Cc1c(C=O)cc2cncnn12. The number of carbonyl (C=O) groups excluding carboxylic acids is 1. The minimum atomic E-state index is 0.497. The molecule has 4 heteroatoms. The molecule has 0 aromatic carbocycles. The van der Waals surface area contributed by atoms with Crippen molar-refractivity contribution in [3.05, 3.63) is 29.8 Å². The first-order valence-electron chi connectivity index (χ1n) is 4.98. The van der Waals surface area contributed by atoms with Gasteiger partial charge in [0.2, 0.25) is 0 Å². The van der Waals surface area contributed by atoms with Crippen LogP contribution in [-0.2, 0) is 6.42 Å². The first-order valence-corrected chi connectivity index (χ1v) is 4.98. The Kier molecular flexibility index (Phi) is 2.49. The molecular weight excluding hydrogens is 190 g/mol. The van der Waals surface area contributed by atoms with Crippen molar-refractivity contribution in [1.29, 1.82) is 0 Å². The standard InChI is InChI=1S/C11H13N3O/c1-8(2)3-11-9(6-15)4-10-5-12-7-13-14(10)11/h4-8H,3H2,1-2H3. The van der Waals surface area contributed by atoms with Crippen LogP contribution in [-0.4, -0.2) is 20.9 Å². The molecule has 4 nitrogen and oxygen atoms in total. The zero-order valence-electron chi connectivity index (χ0n) is 8.84. The molecule has 0 aliphatic rings. The number of rotatable bonds is 3. The number of carbonyl (C=O) groups is 1. The average Bonchev–Trinajstić information content (AvgIpc) is 2.56. The lowest BCUT2D eigenvalue weighted by Gasteiger charge is -2.05. The lowest BCUT2D eigenvalue weighted by molar-refractivity contribution is 0.112. The number of hydrogen-bond acceptors (Lipinski definition) is 3. The molecule has 78 valence electrons. The highest BCUT2D eigenvalue weighted by molar-refractivity contribution is 5.80.